The molecule has 0 bridgehead atoms. The molecule has 0 radical (unpaired) electrons. The zero-order chi connectivity index (χ0) is 15.8. The van der Waals surface area contributed by atoms with Gasteiger partial charge in [0.1, 0.15) is 0 Å². The molecule has 0 spiro atoms. The molecule has 2 aromatic rings. The molecular formula is C16H20N2O3S. The van der Waals surface area contributed by atoms with Crippen molar-refractivity contribution in [2.45, 2.75) is 32.1 Å². The average Bonchev–Trinajstić information content (AvgIpc) is 2.93. The molecule has 118 valence electrons. The van der Waals surface area contributed by atoms with Gasteiger partial charge >= 0.3 is 0 Å². The van der Waals surface area contributed by atoms with Crippen LogP contribution in [0.1, 0.15) is 31.2 Å². The minimum atomic E-state index is -0.367. The Kier molecular flexibility index (Phi) is 6.36. The molecule has 0 atom stereocenters. The lowest BCUT2D eigenvalue weighted by molar-refractivity contribution is -0.129. The van der Waals surface area contributed by atoms with Crippen molar-refractivity contribution in [3.63, 3.8) is 0 Å². The maximum atomic E-state index is 11.9. The van der Waals surface area contributed by atoms with Crippen LogP contribution in [0.5, 0.6) is 0 Å². The van der Waals surface area contributed by atoms with Crippen molar-refractivity contribution >= 4 is 33.2 Å². The molecule has 5 nitrogen and oxygen atoms in total. The number of amides is 2. The number of hydrogen-bond donors (Lipinski definition) is 3. The van der Waals surface area contributed by atoms with Gasteiger partial charge in [0, 0.05) is 17.7 Å². The zero-order valence-corrected chi connectivity index (χ0v) is 13.1. The number of nitrogens with one attached hydrogen (secondary N) is 2. The second-order valence-corrected chi connectivity index (χ2v) is 6.04. The smallest absolute Gasteiger partial charge is 0.243 e. The second kappa shape index (κ2) is 8.51. The van der Waals surface area contributed by atoms with Crippen LogP contribution in [-0.4, -0.2) is 23.6 Å². The summed E-state index contributed by atoms with van der Waals surface area (Å²) in [6, 6.07) is 8.09. The predicted molar refractivity (Wildman–Crippen MR) is 86.9 cm³/mol. The van der Waals surface area contributed by atoms with Crippen molar-refractivity contribution in [2.75, 3.05) is 6.54 Å². The highest BCUT2D eigenvalue weighted by molar-refractivity contribution is 7.17. The Morgan fingerprint density at radius 2 is 1.91 bits per heavy atom. The van der Waals surface area contributed by atoms with Crippen LogP contribution in [0.3, 0.4) is 0 Å². The lowest BCUT2D eigenvalue weighted by atomic mass is 10.1. The van der Waals surface area contributed by atoms with Gasteiger partial charge in [0.15, 0.2) is 0 Å². The summed E-state index contributed by atoms with van der Waals surface area (Å²) in [6.07, 6.45) is 3.09. The minimum Gasteiger partial charge on any atom is -0.356 e. The SMILES string of the molecule is O=C(CCCCCNC(=O)Cc1csc2ccccc12)NO. The molecule has 1 aromatic carbocycles. The highest BCUT2D eigenvalue weighted by Crippen LogP contribution is 2.25. The van der Waals surface area contributed by atoms with E-state index in [1.165, 1.54) is 4.70 Å². The van der Waals surface area contributed by atoms with E-state index in [0.717, 1.165) is 23.8 Å². The maximum Gasteiger partial charge on any atom is 0.243 e. The van der Waals surface area contributed by atoms with Crippen LogP contribution in [0.25, 0.3) is 10.1 Å². The van der Waals surface area contributed by atoms with Crippen molar-refractivity contribution < 1.29 is 14.8 Å². The number of hydrogen-bond acceptors (Lipinski definition) is 4. The number of unbranched alkanes of at least 4 members (excludes halogenated alkanes) is 2. The van der Waals surface area contributed by atoms with E-state index in [4.69, 9.17) is 5.21 Å². The standard InChI is InChI=1S/C16H20N2O3S/c19-15(18-21)8-2-1-5-9-17-16(20)10-12-11-22-14-7-4-3-6-13(12)14/h3-4,6-7,11,21H,1-2,5,8-10H2,(H,17,20)(H,18,19). The molecule has 0 unspecified atom stereocenters. The van der Waals surface area contributed by atoms with E-state index in [-0.39, 0.29) is 11.8 Å². The summed E-state index contributed by atoms with van der Waals surface area (Å²) < 4.78 is 1.20. The Hall–Kier alpha value is -1.92. The Morgan fingerprint density at radius 3 is 2.73 bits per heavy atom. The van der Waals surface area contributed by atoms with E-state index >= 15 is 0 Å². The van der Waals surface area contributed by atoms with Crippen molar-refractivity contribution in [1.29, 1.82) is 0 Å². The highest BCUT2D eigenvalue weighted by atomic mass is 32.1. The number of benzene rings is 1. The molecule has 0 aliphatic heterocycles. The predicted octanol–water partition coefficient (Wildman–Crippen LogP) is 2.63. The highest BCUT2D eigenvalue weighted by Gasteiger charge is 2.08. The van der Waals surface area contributed by atoms with Crippen LogP contribution in [0.15, 0.2) is 29.6 Å². The molecule has 6 heteroatoms. The summed E-state index contributed by atoms with van der Waals surface area (Å²) in [5.74, 6) is -0.343. The maximum absolute atomic E-state index is 11.9. The summed E-state index contributed by atoms with van der Waals surface area (Å²) in [4.78, 5) is 22.7. The van der Waals surface area contributed by atoms with Gasteiger partial charge in [-0.05, 0) is 35.2 Å². The van der Waals surface area contributed by atoms with Crippen LogP contribution < -0.4 is 10.8 Å². The normalized spacial score (nSPS) is 10.6. The molecule has 0 fully saturated rings. The van der Waals surface area contributed by atoms with Gasteiger partial charge in [0.05, 0.1) is 6.42 Å². The van der Waals surface area contributed by atoms with Crippen molar-refractivity contribution in [3.05, 3.63) is 35.2 Å². The topological polar surface area (TPSA) is 78.4 Å². The molecular weight excluding hydrogens is 300 g/mol. The van der Waals surface area contributed by atoms with Gasteiger partial charge in [-0.1, -0.05) is 24.6 Å². The van der Waals surface area contributed by atoms with Gasteiger partial charge in [-0.25, -0.2) is 5.48 Å². The number of carbonyl (C=O) groups is 2. The van der Waals surface area contributed by atoms with E-state index in [1.807, 2.05) is 23.6 Å². The average molecular weight is 320 g/mol. The molecule has 1 aromatic heterocycles. The molecule has 2 rings (SSSR count). The van der Waals surface area contributed by atoms with Crippen molar-refractivity contribution in [3.8, 4) is 0 Å². The first-order chi connectivity index (χ1) is 10.7. The van der Waals surface area contributed by atoms with Gasteiger partial charge in [-0.2, -0.15) is 0 Å². The number of rotatable bonds is 8. The number of carbonyl (C=O) groups excluding carboxylic acids is 2. The number of thiophene rings is 1. The lowest BCUT2D eigenvalue weighted by Crippen LogP contribution is -2.26. The molecule has 0 saturated heterocycles. The van der Waals surface area contributed by atoms with Crippen LogP contribution in [0.4, 0.5) is 0 Å². The summed E-state index contributed by atoms with van der Waals surface area (Å²) in [5, 5.41) is 14.4. The summed E-state index contributed by atoms with van der Waals surface area (Å²) >= 11 is 1.66. The summed E-state index contributed by atoms with van der Waals surface area (Å²) in [6.45, 7) is 0.613. The van der Waals surface area contributed by atoms with Gasteiger partial charge in [-0.3, -0.25) is 14.8 Å². The first-order valence-corrected chi connectivity index (χ1v) is 8.23. The Bertz CT molecular complexity index is 639. The van der Waals surface area contributed by atoms with Gasteiger partial charge in [0.2, 0.25) is 11.8 Å². The van der Waals surface area contributed by atoms with Crippen LogP contribution >= 0.6 is 11.3 Å². The first kappa shape index (κ1) is 16.5. The van der Waals surface area contributed by atoms with E-state index in [2.05, 4.69) is 11.4 Å². The zero-order valence-electron chi connectivity index (χ0n) is 12.3. The molecule has 1 heterocycles. The first-order valence-electron chi connectivity index (χ1n) is 7.35. The Morgan fingerprint density at radius 1 is 1.09 bits per heavy atom. The molecule has 3 N–H and O–H groups in total. The van der Waals surface area contributed by atoms with E-state index in [1.54, 1.807) is 16.8 Å². The van der Waals surface area contributed by atoms with Gasteiger partial charge < -0.3 is 5.32 Å². The van der Waals surface area contributed by atoms with Crippen molar-refractivity contribution in [1.82, 2.24) is 10.8 Å². The monoisotopic (exact) mass is 320 g/mol. The van der Waals surface area contributed by atoms with Gasteiger partial charge in [-0.15, -0.1) is 11.3 Å². The molecule has 2 amide bonds. The Labute approximate surface area is 133 Å². The van der Waals surface area contributed by atoms with Gasteiger partial charge in [0.25, 0.3) is 0 Å². The van der Waals surface area contributed by atoms with E-state index < -0.39 is 0 Å². The molecule has 0 aliphatic rings. The fraction of sp³-hybridized carbons (Fsp3) is 0.375. The van der Waals surface area contributed by atoms with Crippen molar-refractivity contribution in [2.24, 2.45) is 0 Å². The molecule has 22 heavy (non-hydrogen) atoms. The summed E-state index contributed by atoms with van der Waals surface area (Å²) in [7, 11) is 0. The van der Waals surface area contributed by atoms with Crippen LogP contribution in [0, 0.1) is 0 Å². The molecule has 0 aliphatic carbocycles. The van der Waals surface area contributed by atoms with Crippen LogP contribution in [-0.2, 0) is 16.0 Å². The number of hydroxylamine groups is 1. The Balaban J connectivity index is 1.67. The van der Waals surface area contributed by atoms with E-state index in [9.17, 15) is 9.59 Å². The fourth-order valence-electron chi connectivity index (χ4n) is 2.28. The van der Waals surface area contributed by atoms with E-state index in [0.29, 0.717) is 25.8 Å². The second-order valence-electron chi connectivity index (χ2n) is 5.13. The lowest BCUT2D eigenvalue weighted by Gasteiger charge is -2.05. The third kappa shape index (κ3) is 4.82. The third-order valence-corrected chi connectivity index (χ3v) is 4.45. The third-order valence-electron chi connectivity index (χ3n) is 3.44. The fourth-order valence-corrected chi connectivity index (χ4v) is 3.24. The largest absolute Gasteiger partial charge is 0.356 e. The molecule has 0 saturated carbocycles. The number of fused-ring (bicyclic) bond motifs is 1. The summed E-state index contributed by atoms with van der Waals surface area (Å²) in [5.41, 5.74) is 2.67. The quantitative estimate of drug-likeness (QED) is 0.397. The van der Waals surface area contributed by atoms with Crippen LogP contribution in [0.2, 0.25) is 0 Å². The minimum absolute atomic E-state index is 0.0247.